The van der Waals surface area contributed by atoms with Crippen LogP contribution in [0.1, 0.15) is 26.3 Å². The average molecular weight is 426 g/mol. The van der Waals surface area contributed by atoms with Crippen molar-refractivity contribution in [1.29, 1.82) is 0 Å². The molecule has 7 heteroatoms. The van der Waals surface area contributed by atoms with Crippen molar-refractivity contribution in [3.05, 3.63) is 48.2 Å². The fourth-order valence-electron chi connectivity index (χ4n) is 3.73. The van der Waals surface area contributed by atoms with Gasteiger partial charge >= 0.3 is 0 Å². The lowest BCUT2D eigenvalue weighted by Gasteiger charge is -2.37. The largest absolute Gasteiger partial charge is 0.493 e. The van der Waals surface area contributed by atoms with Crippen molar-refractivity contribution < 1.29 is 9.47 Å². The van der Waals surface area contributed by atoms with Gasteiger partial charge in [-0.1, -0.05) is 26.0 Å². The van der Waals surface area contributed by atoms with Crippen LogP contribution in [0.15, 0.2) is 47.6 Å². The predicted molar refractivity (Wildman–Crippen MR) is 127 cm³/mol. The van der Waals surface area contributed by atoms with Crippen LogP contribution in [-0.2, 0) is 5.41 Å². The Morgan fingerprint density at radius 3 is 2.42 bits per heavy atom. The third-order valence-electron chi connectivity index (χ3n) is 5.68. The van der Waals surface area contributed by atoms with E-state index in [0.29, 0.717) is 6.54 Å². The summed E-state index contributed by atoms with van der Waals surface area (Å²) in [4.78, 5) is 14.2. The molecule has 2 heterocycles. The first-order chi connectivity index (χ1) is 15.0. The number of anilines is 1. The van der Waals surface area contributed by atoms with Crippen LogP contribution >= 0.6 is 0 Å². The van der Waals surface area contributed by atoms with Gasteiger partial charge in [-0.05, 0) is 36.8 Å². The molecule has 31 heavy (non-hydrogen) atoms. The Balaban J connectivity index is 1.69. The van der Waals surface area contributed by atoms with Gasteiger partial charge in [0.05, 0.1) is 20.8 Å². The van der Waals surface area contributed by atoms with Crippen molar-refractivity contribution in [2.75, 3.05) is 58.4 Å². The second-order valence-electron chi connectivity index (χ2n) is 8.29. The highest BCUT2D eigenvalue weighted by atomic mass is 16.5. The first-order valence-electron chi connectivity index (χ1n) is 10.9. The summed E-state index contributed by atoms with van der Waals surface area (Å²) in [5, 5.41) is 3.47. The number of hydrogen-bond donors (Lipinski definition) is 1. The van der Waals surface area contributed by atoms with Crippen LogP contribution in [-0.4, -0.2) is 69.3 Å². The van der Waals surface area contributed by atoms with Crippen molar-refractivity contribution in [2.45, 2.75) is 26.2 Å². The second kappa shape index (κ2) is 10.4. The van der Waals surface area contributed by atoms with Crippen LogP contribution in [0.2, 0.25) is 0 Å². The maximum absolute atomic E-state index is 5.49. The van der Waals surface area contributed by atoms with E-state index in [1.54, 1.807) is 14.2 Å². The molecule has 0 bridgehead atoms. The topological polar surface area (TPSA) is 62.2 Å². The molecule has 1 fully saturated rings. The van der Waals surface area contributed by atoms with Crippen LogP contribution in [0.5, 0.6) is 11.5 Å². The zero-order valence-electron chi connectivity index (χ0n) is 19.4. The number of rotatable bonds is 7. The number of aliphatic imine (C=N–C) groups is 1. The first-order valence-corrected chi connectivity index (χ1v) is 10.9. The molecule has 168 valence electrons. The van der Waals surface area contributed by atoms with E-state index in [0.717, 1.165) is 56.0 Å². The summed E-state index contributed by atoms with van der Waals surface area (Å²) in [6.07, 6.45) is 1.85. The molecule has 0 radical (unpaired) electrons. The van der Waals surface area contributed by atoms with Crippen molar-refractivity contribution in [1.82, 2.24) is 15.2 Å². The predicted octanol–water partition coefficient (Wildman–Crippen LogP) is 3.16. The summed E-state index contributed by atoms with van der Waals surface area (Å²) in [7, 11) is 3.32. The van der Waals surface area contributed by atoms with E-state index in [-0.39, 0.29) is 5.41 Å². The van der Waals surface area contributed by atoms with E-state index in [1.165, 1.54) is 5.56 Å². The Kier molecular flexibility index (Phi) is 7.60. The van der Waals surface area contributed by atoms with Crippen LogP contribution in [0.3, 0.4) is 0 Å². The Morgan fingerprint density at radius 1 is 1.06 bits per heavy atom. The third-order valence-corrected chi connectivity index (χ3v) is 5.68. The van der Waals surface area contributed by atoms with E-state index in [4.69, 9.17) is 14.5 Å². The molecule has 1 aliphatic rings. The highest BCUT2D eigenvalue weighted by molar-refractivity contribution is 5.80. The van der Waals surface area contributed by atoms with E-state index in [9.17, 15) is 0 Å². The maximum Gasteiger partial charge on any atom is 0.194 e. The molecule has 1 aromatic heterocycles. The number of nitrogens with one attached hydrogen (secondary N) is 1. The standard InChI is InChI=1S/C24H35N5O2/c1-6-25-23(29-15-13-28(14-16-29)22-9-7-8-12-26-22)27-18-24(2,3)19-10-11-20(30-4)21(17-19)31-5/h7-12,17H,6,13-16,18H2,1-5H3,(H,25,27). The third kappa shape index (κ3) is 5.60. The minimum Gasteiger partial charge on any atom is -0.493 e. The van der Waals surface area contributed by atoms with Gasteiger partial charge in [-0.15, -0.1) is 0 Å². The van der Waals surface area contributed by atoms with Gasteiger partial charge in [0.2, 0.25) is 0 Å². The zero-order chi connectivity index (χ0) is 22.3. The first kappa shape index (κ1) is 22.7. The summed E-state index contributed by atoms with van der Waals surface area (Å²) < 4.78 is 10.9. The van der Waals surface area contributed by atoms with Gasteiger partial charge in [0.1, 0.15) is 5.82 Å². The number of guanidine groups is 1. The van der Waals surface area contributed by atoms with Crippen molar-refractivity contribution in [2.24, 2.45) is 4.99 Å². The number of pyridine rings is 1. The van der Waals surface area contributed by atoms with E-state index in [1.807, 2.05) is 30.5 Å². The molecule has 3 rings (SSSR count). The van der Waals surface area contributed by atoms with Crippen LogP contribution in [0.4, 0.5) is 5.82 Å². The second-order valence-corrected chi connectivity index (χ2v) is 8.29. The molecule has 0 spiro atoms. The van der Waals surface area contributed by atoms with Gasteiger partial charge < -0.3 is 24.6 Å². The molecular formula is C24H35N5O2. The highest BCUT2D eigenvalue weighted by Gasteiger charge is 2.24. The van der Waals surface area contributed by atoms with Gasteiger partial charge in [-0.2, -0.15) is 0 Å². The summed E-state index contributed by atoms with van der Waals surface area (Å²) in [5.41, 5.74) is 1.03. The number of nitrogens with zero attached hydrogens (tertiary/aromatic N) is 4. The lowest BCUT2D eigenvalue weighted by Crippen LogP contribution is -2.53. The van der Waals surface area contributed by atoms with Crippen LogP contribution in [0.25, 0.3) is 0 Å². The summed E-state index contributed by atoms with van der Waals surface area (Å²) >= 11 is 0. The number of ether oxygens (including phenoxy) is 2. The van der Waals surface area contributed by atoms with Gasteiger partial charge in [-0.25, -0.2) is 4.98 Å². The molecular weight excluding hydrogens is 390 g/mol. The lowest BCUT2D eigenvalue weighted by molar-refractivity contribution is 0.353. The van der Waals surface area contributed by atoms with Gasteiger partial charge in [-0.3, -0.25) is 4.99 Å². The highest BCUT2D eigenvalue weighted by Crippen LogP contribution is 2.33. The number of hydrogen-bond acceptors (Lipinski definition) is 5. The SMILES string of the molecule is CCNC(=NCC(C)(C)c1ccc(OC)c(OC)c1)N1CCN(c2ccccn2)CC1. The molecule has 0 aliphatic carbocycles. The number of methoxy groups -OCH3 is 2. The molecule has 7 nitrogen and oxygen atoms in total. The fourth-order valence-corrected chi connectivity index (χ4v) is 3.73. The number of piperazine rings is 1. The van der Waals surface area contributed by atoms with Gasteiger partial charge in [0.15, 0.2) is 17.5 Å². The molecule has 1 aliphatic heterocycles. The molecule has 0 unspecified atom stereocenters. The van der Waals surface area contributed by atoms with Crippen molar-refractivity contribution in [3.8, 4) is 11.5 Å². The van der Waals surface area contributed by atoms with E-state index < -0.39 is 0 Å². The average Bonchev–Trinajstić information content (AvgIpc) is 2.82. The summed E-state index contributed by atoms with van der Waals surface area (Å²) in [5.74, 6) is 3.50. The van der Waals surface area contributed by atoms with Crippen LogP contribution < -0.4 is 19.7 Å². The number of benzene rings is 1. The molecule has 1 saturated heterocycles. The lowest BCUT2D eigenvalue weighted by atomic mass is 9.84. The Bertz CT molecular complexity index is 862. The molecule has 1 N–H and O–H groups in total. The normalized spacial score (nSPS) is 15.1. The zero-order valence-corrected chi connectivity index (χ0v) is 19.4. The molecule has 2 aromatic rings. The molecule has 1 aromatic carbocycles. The molecule has 0 atom stereocenters. The number of aromatic nitrogens is 1. The van der Waals surface area contributed by atoms with E-state index in [2.05, 4.69) is 53.0 Å². The fraction of sp³-hybridized carbons (Fsp3) is 0.500. The quantitative estimate of drug-likeness (QED) is 0.543. The Morgan fingerprint density at radius 2 is 1.81 bits per heavy atom. The minimum atomic E-state index is -0.143. The Labute approximate surface area is 186 Å². The minimum absolute atomic E-state index is 0.143. The van der Waals surface area contributed by atoms with Gasteiger partial charge in [0, 0.05) is 44.3 Å². The summed E-state index contributed by atoms with van der Waals surface area (Å²) in [6, 6.07) is 12.2. The van der Waals surface area contributed by atoms with E-state index >= 15 is 0 Å². The summed E-state index contributed by atoms with van der Waals surface area (Å²) in [6.45, 7) is 11.7. The molecule has 0 saturated carbocycles. The maximum atomic E-state index is 5.49. The van der Waals surface area contributed by atoms with Crippen molar-refractivity contribution in [3.63, 3.8) is 0 Å². The van der Waals surface area contributed by atoms with Crippen molar-refractivity contribution >= 4 is 11.8 Å². The monoisotopic (exact) mass is 425 g/mol. The Hall–Kier alpha value is -2.96. The van der Waals surface area contributed by atoms with Crippen LogP contribution in [0, 0.1) is 0 Å². The smallest absolute Gasteiger partial charge is 0.194 e. The van der Waals surface area contributed by atoms with Gasteiger partial charge in [0.25, 0.3) is 0 Å². The molecule has 0 amide bonds.